The van der Waals surface area contributed by atoms with Crippen LogP contribution in [-0.4, -0.2) is 45.8 Å². The van der Waals surface area contributed by atoms with Crippen LogP contribution in [0.2, 0.25) is 0 Å². The number of pyridine rings is 1. The lowest BCUT2D eigenvalue weighted by Crippen LogP contribution is -2.44. The van der Waals surface area contributed by atoms with Gasteiger partial charge in [-0.1, -0.05) is 5.92 Å². The van der Waals surface area contributed by atoms with Crippen LogP contribution in [0.1, 0.15) is 17.2 Å². The Balaban J connectivity index is 1.65. The Morgan fingerprint density at radius 3 is 2.77 bits per heavy atom. The molecule has 0 unspecified atom stereocenters. The lowest BCUT2D eigenvalue weighted by atomic mass is 9.94. The number of nitrogens with zero attached hydrogens (tertiary/aromatic N) is 5. The van der Waals surface area contributed by atoms with Gasteiger partial charge in [0.2, 0.25) is 0 Å². The van der Waals surface area contributed by atoms with Crippen LogP contribution >= 0.6 is 0 Å². The molecule has 6 nitrogen and oxygen atoms in total. The molecule has 0 bridgehead atoms. The highest BCUT2D eigenvalue weighted by Gasteiger charge is 2.26. The molecule has 1 N–H and O–H groups in total. The van der Waals surface area contributed by atoms with Gasteiger partial charge in [-0.15, -0.1) is 11.5 Å². The van der Waals surface area contributed by atoms with Crippen LogP contribution in [0.25, 0.3) is 16.6 Å². The summed E-state index contributed by atoms with van der Waals surface area (Å²) in [6, 6.07) is 8.10. The van der Waals surface area contributed by atoms with Crippen LogP contribution < -0.4 is 10.2 Å². The summed E-state index contributed by atoms with van der Waals surface area (Å²) in [7, 11) is 0. The molecule has 0 amide bonds. The van der Waals surface area contributed by atoms with E-state index in [9.17, 15) is 4.39 Å². The van der Waals surface area contributed by atoms with Crippen LogP contribution in [0.4, 0.5) is 14.6 Å². The lowest BCUT2D eigenvalue weighted by Gasteiger charge is -2.28. The van der Waals surface area contributed by atoms with Gasteiger partial charge in [0, 0.05) is 49.4 Å². The molecular formula is C22H18F2N6. The molecule has 150 valence electrons. The molecule has 1 fully saturated rings. The van der Waals surface area contributed by atoms with Crippen molar-refractivity contribution >= 4 is 22.4 Å². The van der Waals surface area contributed by atoms with Gasteiger partial charge in [-0.2, -0.15) is 0 Å². The second-order valence-corrected chi connectivity index (χ2v) is 7.14. The molecule has 5 rings (SSSR count). The summed E-state index contributed by atoms with van der Waals surface area (Å²) in [5.41, 5.74) is 1.04. The SMILES string of the molecule is C#C[C@@H](c1c(F)cc2ncccc2c1F)c1cnc2ccc(N3CCNCC3)nn12. The predicted octanol–water partition coefficient (Wildman–Crippen LogP) is 2.73. The van der Waals surface area contributed by atoms with Gasteiger partial charge in [-0.05, 0) is 24.3 Å². The van der Waals surface area contributed by atoms with Gasteiger partial charge in [0.1, 0.15) is 17.5 Å². The van der Waals surface area contributed by atoms with Crippen LogP contribution in [0, 0.1) is 24.0 Å². The Morgan fingerprint density at radius 2 is 1.97 bits per heavy atom. The highest BCUT2D eigenvalue weighted by molar-refractivity contribution is 5.80. The number of anilines is 1. The fourth-order valence-electron chi connectivity index (χ4n) is 3.89. The van der Waals surface area contributed by atoms with Gasteiger partial charge in [0.05, 0.1) is 23.3 Å². The van der Waals surface area contributed by atoms with Crippen LogP contribution in [0.3, 0.4) is 0 Å². The normalized spacial score (nSPS) is 15.4. The molecule has 1 atom stereocenters. The van der Waals surface area contributed by atoms with Crippen LogP contribution in [0.5, 0.6) is 0 Å². The Labute approximate surface area is 171 Å². The highest BCUT2D eigenvalue weighted by Crippen LogP contribution is 2.32. The third-order valence-corrected chi connectivity index (χ3v) is 5.40. The molecule has 1 aliphatic heterocycles. The Morgan fingerprint density at radius 1 is 1.13 bits per heavy atom. The summed E-state index contributed by atoms with van der Waals surface area (Å²) < 4.78 is 31.8. The molecule has 1 saturated heterocycles. The topological polar surface area (TPSA) is 58.4 Å². The van der Waals surface area contributed by atoms with Crippen molar-refractivity contribution < 1.29 is 8.78 Å². The van der Waals surface area contributed by atoms with E-state index in [-0.39, 0.29) is 16.5 Å². The van der Waals surface area contributed by atoms with E-state index in [2.05, 4.69) is 31.2 Å². The molecular weight excluding hydrogens is 386 g/mol. The fraction of sp³-hybridized carbons (Fsp3) is 0.227. The quantitative estimate of drug-likeness (QED) is 0.532. The summed E-state index contributed by atoms with van der Waals surface area (Å²) in [5.74, 6) is 0.855. The van der Waals surface area contributed by atoms with Gasteiger partial charge in [0.15, 0.2) is 5.65 Å². The highest BCUT2D eigenvalue weighted by atomic mass is 19.1. The molecule has 1 aromatic carbocycles. The van der Waals surface area contributed by atoms with Crippen molar-refractivity contribution in [2.24, 2.45) is 0 Å². The number of halogens is 2. The van der Waals surface area contributed by atoms with Crippen molar-refractivity contribution in [1.29, 1.82) is 0 Å². The van der Waals surface area contributed by atoms with Crippen molar-refractivity contribution in [2.45, 2.75) is 5.92 Å². The number of terminal acetylenes is 1. The molecule has 4 heterocycles. The standard InChI is InChI=1S/C22H18F2N6/c1-2-14(21-16(23)12-17-15(22(21)24)4-3-7-26-17)18-13-27-19-5-6-20(28-30(18)19)29-10-8-25-9-11-29/h1,3-7,12-14,25H,8-11H2/t14-/m1/s1. The first-order valence-electron chi connectivity index (χ1n) is 9.66. The summed E-state index contributed by atoms with van der Waals surface area (Å²) in [6.07, 6.45) is 8.78. The molecule has 4 aromatic rings. The number of piperazine rings is 1. The first kappa shape index (κ1) is 18.5. The predicted molar refractivity (Wildman–Crippen MR) is 110 cm³/mol. The van der Waals surface area contributed by atoms with Crippen LogP contribution in [0.15, 0.2) is 42.7 Å². The summed E-state index contributed by atoms with van der Waals surface area (Å²) in [5, 5.41) is 8.19. The minimum Gasteiger partial charge on any atom is -0.353 e. The number of hydrogen-bond acceptors (Lipinski definition) is 5. The zero-order chi connectivity index (χ0) is 20.7. The lowest BCUT2D eigenvalue weighted by molar-refractivity contribution is 0.560. The number of hydrogen-bond donors (Lipinski definition) is 1. The summed E-state index contributed by atoms with van der Waals surface area (Å²) >= 11 is 0. The van der Waals surface area contributed by atoms with Crippen molar-refractivity contribution in [3.63, 3.8) is 0 Å². The zero-order valence-electron chi connectivity index (χ0n) is 16.0. The van der Waals surface area contributed by atoms with E-state index in [0.29, 0.717) is 11.3 Å². The van der Waals surface area contributed by atoms with E-state index in [0.717, 1.165) is 32.0 Å². The van der Waals surface area contributed by atoms with Gasteiger partial charge >= 0.3 is 0 Å². The number of imidazole rings is 1. The molecule has 30 heavy (non-hydrogen) atoms. The van der Waals surface area contributed by atoms with Gasteiger partial charge in [-0.25, -0.2) is 18.3 Å². The second-order valence-electron chi connectivity index (χ2n) is 7.14. The van der Waals surface area contributed by atoms with E-state index in [1.807, 2.05) is 12.1 Å². The molecule has 8 heteroatoms. The first-order chi connectivity index (χ1) is 14.7. The molecule has 0 aliphatic carbocycles. The summed E-state index contributed by atoms with van der Waals surface area (Å²) in [6.45, 7) is 3.38. The second kappa shape index (κ2) is 7.35. The summed E-state index contributed by atoms with van der Waals surface area (Å²) in [4.78, 5) is 10.5. The van der Waals surface area contributed by atoms with E-state index >= 15 is 4.39 Å². The number of rotatable bonds is 3. The average Bonchev–Trinajstić information content (AvgIpc) is 3.20. The maximum absolute atomic E-state index is 15.3. The van der Waals surface area contributed by atoms with Crippen molar-refractivity contribution in [3.8, 4) is 12.3 Å². The first-order valence-corrected chi connectivity index (χ1v) is 9.66. The van der Waals surface area contributed by atoms with E-state index in [1.54, 1.807) is 16.6 Å². The van der Waals surface area contributed by atoms with Gasteiger partial charge < -0.3 is 10.2 Å². The van der Waals surface area contributed by atoms with Gasteiger partial charge in [-0.3, -0.25) is 4.98 Å². The minimum atomic E-state index is -0.990. The van der Waals surface area contributed by atoms with Crippen molar-refractivity contribution in [1.82, 2.24) is 24.9 Å². The third-order valence-electron chi connectivity index (χ3n) is 5.40. The molecule has 3 aromatic heterocycles. The van der Waals surface area contributed by atoms with E-state index < -0.39 is 17.6 Å². The van der Waals surface area contributed by atoms with Gasteiger partial charge in [0.25, 0.3) is 0 Å². The molecule has 0 radical (unpaired) electrons. The Kier molecular flexibility index (Phi) is 4.52. The molecule has 0 spiro atoms. The van der Waals surface area contributed by atoms with Crippen molar-refractivity contribution in [3.05, 3.63) is 65.6 Å². The average molecular weight is 404 g/mol. The number of benzene rings is 1. The number of aromatic nitrogens is 4. The number of nitrogens with one attached hydrogen (secondary N) is 1. The molecule has 0 saturated carbocycles. The zero-order valence-corrected chi connectivity index (χ0v) is 16.0. The molecule has 1 aliphatic rings. The minimum absolute atomic E-state index is 0.200. The van der Waals surface area contributed by atoms with Crippen molar-refractivity contribution in [2.75, 3.05) is 31.1 Å². The monoisotopic (exact) mass is 404 g/mol. The maximum Gasteiger partial charge on any atom is 0.153 e. The number of fused-ring (bicyclic) bond motifs is 2. The smallest absolute Gasteiger partial charge is 0.153 e. The Bertz CT molecular complexity index is 1290. The Hall–Kier alpha value is -3.57. The van der Waals surface area contributed by atoms with E-state index in [4.69, 9.17) is 6.42 Å². The largest absolute Gasteiger partial charge is 0.353 e. The maximum atomic E-state index is 15.3. The van der Waals surface area contributed by atoms with Crippen LogP contribution in [-0.2, 0) is 0 Å². The fourth-order valence-corrected chi connectivity index (χ4v) is 3.89. The third kappa shape index (κ3) is 2.95. The van der Waals surface area contributed by atoms with E-state index in [1.165, 1.54) is 18.5 Å².